The summed E-state index contributed by atoms with van der Waals surface area (Å²) in [5.74, 6) is -3.70. The van der Waals surface area contributed by atoms with Gasteiger partial charge in [0.25, 0.3) is 0 Å². The highest BCUT2D eigenvalue weighted by atomic mass is 79.9. The molecule has 1 aromatic carbocycles. The quantitative estimate of drug-likeness (QED) is 0.835. The highest BCUT2D eigenvalue weighted by molar-refractivity contribution is 9.10. The van der Waals surface area contributed by atoms with Crippen LogP contribution in [0.15, 0.2) is 21.5 Å². The third-order valence-corrected chi connectivity index (χ3v) is 4.50. The van der Waals surface area contributed by atoms with Crippen molar-refractivity contribution in [1.82, 2.24) is 20.2 Å². The SMILES string of the molecule is Cn1nnc(CS(=O)(=O)c2cc(Br)cc(C(=O)O)c2F)n1. The van der Waals surface area contributed by atoms with Crippen molar-refractivity contribution < 1.29 is 22.7 Å². The van der Waals surface area contributed by atoms with E-state index >= 15 is 0 Å². The highest BCUT2D eigenvalue weighted by Gasteiger charge is 2.26. The van der Waals surface area contributed by atoms with Gasteiger partial charge >= 0.3 is 5.97 Å². The van der Waals surface area contributed by atoms with Crippen molar-refractivity contribution in [2.75, 3.05) is 0 Å². The van der Waals surface area contributed by atoms with Crippen LogP contribution in [0.5, 0.6) is 0 Å². The van der Waals surface area contributed by atoms with Crippen molar-refractivity contribution in [3.05, 3.63) is 33.8 Å². The fourth-order valence-corrected chi connectivity index (χ4v) is 3.48. The molecule has 2 aromatic rings. The molecular formula is C10H8BrFN4O4S. The second-order valence-electron chi connectivity index (χ2n) is 4.02. The van der Waals surface area contributed by atoms with Gasteiger partial charge in [-0.05, 0) is 17.3 Å². The predicted molar refractivity (Wildman–Crippen MR) is 70.7 cm³/mol. The van der Waals surface area contributed by atoms with Crippen molar-refractivity contribution in [2.24, 2.45) is 7.05 Å². The van der Waals surface area contributed by atoms with E-state index in [2.05, 4.69) is 31.3 Å². The maximum Gasteiger partial charge on any atom is 0.338 e. The van der Waals surface area contributed by atoms with E-state index in [1.165, 1.54) is 7.05 Å². The number of carboxylic acids is 1. The smallest absolute Gasteiger partial charge is 0.338 e. The van der Waals surface area contributed by atoms with Crippen LogP contribution >= 0.6 is 15.9 Å². The molecule has 1 aromatic heterocycles. The van der Waals surface area contributed by atoms with Crippen molar-refractivity contribution in [2.45, 2.75) is 10.6 Å². The van der Waals surface area contributed by atoms with Crippen molar-refractivity contribution in [3.63, 3.8) is 0 Å². The van der Waals surface area contributed by atoms with Gasteiger partial charge in [0.1, 0.15) is 10.6 Å². The van der Waals surface area contributed by atoms with Gasteiger partial charge in [0.05, 0.1) is 12.6 Å². The van der Waals surface area contributed by atoms with Crippen LogP contribution in [-0.4, -0.2) is 39.7 Å². The van der Waals surface area contributed by atoms with Crippen LogP contribution in [0.25, 0.3) is 0 Å². The topological polar surface area (TPSA) is 115 Å². The van der Waals surface area contributed by atoms with Gasteiger partial charge in [0, 0.05) is 4.47 Å². The van der Waals surface area contributed by atoms with Crippen molar-refractivity contribution in [1.29, 1.82) is 0 Å². The standard InChI is InChI=1S/C10H8BrFN4O4S/c1-16-14-8(13-15-16)4-21(19,20)7-3-5(11)2-6(9(7)12)10(17)18/h2-3H,4H2,1H3,(H,17,18). The molecule has 0 aliphatic rings. The van der Waals surface area contributed by atoms with Gasteiger partial charge in [0.2, 0.25) is 0 Å². The summed E-state index contributed by atoms with van der Waals surface area (Å²) in [6.07, 6.45) is 0. The number of sulfone groups is 1. The number of rotatable bonds is 4. The Morgan fingerprint density at radius 3 is 2.67 bits per heavy atom. The van der Waals surface area contributed by atoms with Crippen LogP contribution in [0.4, 0.5) is 4.39 Å². The summed E-state index contributed by atoms with van der Waals surface area (Å²) in [6.45, 7) is 0. The molecule has 0 saturated carbocycles. The first-order chi connectivity index (χ1) is 9.70. The molecule has 0 amide bonds. The Bertz CT molecular complexity index is 820. The van der Waals surface area contributed by atoms with Gasteiger partial charge in [-0.15, -0.1) is 10.2 Å². The number of carboxylic acid groups (broad SMARTS) is 1. The van der Waals surface area contributed by atoms with Gasteiger partial charge in [-0.3, -0.25) is 0 Å². The lowest BCUT2D eigenvalue weighted by Crippen LogP contribution is -2.12. The van der Waals surface area contributed by atoms with Crippen molar-refractivity contribution >= 4 is 31.7 Å². The summed E-state index contributed by atoms with van der Waals surface area (Å²) in [4.78, 5) is 11.2. The summed E-state index contributed by atoms with van der Waals surface area (Å²) >= 11 is 2.96. The predicted octanol–water partition coefficient (Wildman–Crippen LogP) is 0.784. The molecule has 1 N–H and O–H groups in total. The largest absolute Gasteiger partial charge is 0.478 e. The van der Waals surface area contributed by atoms with Gasteiger partial charge in [-0.1, -0.05) is 15.9 Å². The molecule has 112 valence electrons. The van der Waals surface area contributed by atoms with E-state index in [1.54, 1.807) is 0 Å². The fourth-order valence-electron chi connectivity index (χ4n) is 1.58. The molecule has 0 saturated heterocycles. The summed E-state index contributed by atoms with van der Waals surface area (Å²) in [7, 11) is -2.71. The molecule has 11 heteroatoms. The molecule has 0 fully saturated rings. The number of aromatic carboxylic acids is 1. The minimum absolute atomic E-state index is 0.117. The minimum atomic E-state index is -4.16. The van der Waals surface area contributed by atoms with Crippen LogP contribution in [-0.2, 0) is 22.6 Å². The van der Waals surface area contributed by atoms with Crippen LogP contribution in [0.1, 0.15) is 16.2 Å². The first kappa shape index (κ1) is 15.5. The molecular weight excluding hydrogens is 371 g/mol. The number of aromatic nitrogens is 4. The second-order valence-corrected chi connectivity index (χ2v) is 6.90. The molecule has 21 heavy (non-hydrogen) atoms. The van der Waals surface area contributed by atoms with Gasteiger partial charge in [-0.2, -0.15) is 4.80 Å². The second kappa shape index (κ2) is 5.48. The Labute approximate surface area is 126 Å². The number of carbonyl (C=O) groups is 1. The Balaban J connectivity index is 2.52. The lowest BCUT2D eigenvalue weighted by molar-refractivity contribution is 0.0691. The van der Waals surface area contributed by atoms with E-state index in [0.717, 1.165) is 16.9 Å². The molecule has 0 aliphatic heterocycles. The molecule has 0 spiro atoms. The Hall–Kier alpha value is -1.88. The number of halogens is 2. The molecule has 0 bridgehead atoms. The van der Waals surface area contributed by atoms with Crippen LogP contribution in [0, 0.1) is 5.82 Å². The first-order valence-electron chi connectivity index (χ1n) is 5.38. The van der Waals surface area contributed by atoms with E-state index in [-0.39, 0.29) is 10.3 Å². The van der Waals surface area contributed by atoms with E-state index in [1.807, 2.05) is 0 Å². The third-order valence-electron chi connectivity index (χ3n) is 2.44. The molecule has 8 nitrogen and oxygen atoms in total. The number of hydrogen-bond donors (Lipinski definition) is 1. The van der Waals surface area contributed by atoms with E-state index in [9.17, 15) is 17.6 Å². The van der Waals surface area contributed by atoms with Gasteiger partial charge in [0.15, 0.2) is 21.5 Å². The summed E-state index contributed by atoms with van der Waals surface area (Å²) in [5, 5.41) is 19.6. The minimum Gasteiger partial charge on any atom is -0.478 e. The van der Waals surface area contributed by atoms with Crippen LogP contribution in [0.3, 0.4) is 0 Å². The fraction of sp³-hybridized carbons (Fsp3) is 0.200. The van der Waals surface area contributed by atoms with Crippen LogP contribution in [0.2, 0.25) is 0 Å². The molecule has 1 heterocycles. The molecule has 0 atom stereocenters. The number of tetrazole rings is 1. The van der Waals surface area contributed by atoms with E-state index < -0.39 is 37.8 Å². The molecule has 2 rings (SSSR count). The normalized spacial score (nSPS) is 11.6. The van der Waals surface area contributed by atoms with Gasteiger partial charge in [-0.25, -0.2) is 17.6 Å². The lowest BCUT2D eigenvalue weighted by Gasteiger charge is -2.07. The summed E-state index contributed by atoms with van der Waals surface area (Å²) in [5.41, 5.74) is -0.741. The Morgan fingerprint density at radius 1 is 1.48 bits per heavy atom. The molecule has 0 aliphatic carbocycles. The zero-order valence-corrected chi connectivity index (χ0v) is 12.9. The van der Waals surface area contributed by atoms with E-state index in [0.29, 0.717) is 0 Å². The average Bonchev–Trinajstić information content (AvgIpc) is 2.76. The zero-order chi connectivity index (χ0) is 15.8. The number of benzene rings is 1. The molecule has 0 radical (unpaired) electrons. The van der Waals surface area contributed by atoms with Crippen LogP contribution < -0.4 is 0 Å². The Morgan fingerprint density at radius 2 is 2.14 bits per heavy atom. The van der Waals surface area contributed by atoms with Gasteiger partial charge < -0.3 is 5.11 Å². The zero-order valence-electron chi connectivity index (χ0n) is 10.5. The lowest BCUT2D eigenvalue weighted by atomic mass is 10.2. The number of nitrogens with zero attached hydrogens (tertiary/aromatic N) is 4. The van der Waals surface area contributed by atoms with Crippen molar-refractivity contribution in [3.8, 4) is 0 Å². The third kappa shape index (κ3) is 3.24. The maximum absolute atomic E-state index is 14.1. The highest BCUT2D eigenvalue weighted by Crippen LogP contribution is 2.26. The monoisotopic (exact) mass is 378 g/mol. The maximum atomic E-state index is 14.1. The first-order valence-corrected chi connectivity index (χ1v) is 7.83. The molecule has 0 unspecified atom stereocenters. The number of hydrogen-bond acceptors (Lipinski definition) is 6. The summed E-state index contributed by atoms with van der Waals surface area (Å²) in [6, 6.07) is 1.98. The Kier molecular flexibility index (Phi) is 4.05. The summed E-state index contributed by atoms with van der Waals surface area (Å²) < 4.78 is 38.6. The average molecular weight is 379 g/mol. The number of aryl methyl sites for hydroxylation is 1. The van der Waals surface area contributed by atoms with E-state index in [4.69, 9.17) is 5.11 Å².